The Kier molecular flexibility index (Phi) is 4.90. The summed E-state index contributed by atoms with van der Waals surface area (Å²) in [6, 6.07) is 3.42. The van der Waals surface area contributed by atoms with Gasteiger partial charge in [-0.1, -0.05) is 6.07 Å². The molecule has 0 spiro atoms. The van der Waals surface area contributed by atoms with Gasteiger partial charge in [0.2, 0.25) is 0 Å². The molecule has 1 aromatic carbocycles. The maximum Gasteiger partial charge on any atom is 0.323 e. The second-order valence-electron chi connectivity index (χ2n) is 5.71. The van der Waals surface area contributed by atoms with Gasteiger partial charge in [0.05, 0.1) is 6.61 Å². The van der Waals surface area contributed by atoms with Gasteiger partial charge in [-0.25, -0.2) is 0 Å². The van der Waals surface area contributed by atoms with E-state index in [-0.39, 0.29) is 30.6 Å². The number of ether oxygens (including phenoxy) is 3. The van der Waals surface area contributed by atoms with Gasteiger partial charge in [-0.15, -0.1) is 0 Å². The molecule has 7 heteroatoms. The highest BCUT2D eigenvalue weighted by Crippen LogP contribution is 2.25. The minimum atomic E-state index is -0.862. The maximum atomic E-state index is 11.9. The average Bonchev–Trinajstić information content (AvgIpc) is 2.79. The van der Waals surface area contributed by atoms with Crippen LogP contribution in [0.3, 0.4) is 0 Å². The lowest BCUT2D eigenvalue weighted by Crippen LogP contribution is -2.36. The van der Waals surface area contributed by atoms with E-state index in [2.05, 4.69) is 0 Å². The molecule has 1 aliphatic rings. The summed E-state index contributed by atoms with van der Waals surface area (Å²) in [7, 11) is 0. The van der Waals surface area contributed by atoms with Gasteiger partial charge in [0.15, 0.2) is 17.3 Å². The highest BCUT2D eigenvalue weighted by Gasteiger charge is 2.33. The lowest BCUT2D eigenvalue weighted by molar-refractivity contribution is -0.159. The summed E-state index contributed by atoms with van der Waals surface area (Å²) in [6.07, 6.45) is -0.107. The monoisotopic (exact) mass is 311 g/mol. The minimum absolute atomic E-state index is 0.0801. The first-order valence-electron chi connectivity index (χ1n) is 7.02. The third kappa shape index (κ3) is 4.33. The van der Waals surface area contributed by atoms with Crippen molar-refractivity contribution in [3.63, 3.8) is 0 Å². The zero-order valence-corrected chi connectivity index (χ0v) is 12.6. The molecule has 0 bridgehead atoms. The van der Waals surface area contributed by atoms with Crippen molar-refractivity contribution in [1.29, 1.82) is 0 Å². The lowest BCUT2D eigenvalue weighted by atomic mass is 10.1. The highest BCUT2D eigenvalue weighted by atomic mass is 16.7. The number of rotatable bonds is 5. The summed E-state index contributed by atoms with van der Waals surface area (Å²) in [6.45, 7) is 4.02. The van der Waals surface area contributed by atoms with Gasteiger partial charge in [-0.3, -0.25) is 4.79 Å². The number of aromatic hydroxyl groups is 2. The van der Waals surface area contributed by atoms with Crippen molar-refractivity contribution in [2.75, 3.05) is 13.2 Å². The molecule has 2 atom stereocenters. The Morgan fingerprint density at radius 1 is 1.45 bits per heavy atom. The fraction of sp³-hybridized carbons (Fsp3) is 0.533. The van der Waals surface area contributed by atoms with Crippen LogP contribution in [0.15, 0.2) is 18.2 Å². The fourth-order valence-corrected chi connectivity index (χ4v) is 2.16. The number of carbonyl (C=O) groups excluding carboxylic acids is 1. The van der Waals surface area contributed by atoms with Crippen molar-refractivity contribution in [3.05, 3.63) is 23.8 Å². The zero-order chi connectivity index (χ0) is 16.3. The van der Waals surface area contributed by atoms with Crippen LogP contribution in [0, 0.1) is 0 Å². The van der Waals surface area contributed by atoms with Crippen LogP contribution in [0.5, 0.6) is 11.5 Å². The van der Waals surface area contributed by atoms with E-state index in [1.165, 1.54) is 12.1 Å². The lowest BCUT2D eigenvalue weighted by Gasteiger charge is -2.17. The van der Waals surface area contributed by atoms with Crippen LogP contribution in [0.4, 0.5) is 0 Å². The van der Waals surface area contributed by atoms with Gasteiger partial charge >= 0.3 is 5.97 Å². The first kappa shape index (κ1) is 16.5. The smallest absolute Gasteiger partial charge is 0.323 e. The van der Waals surface area contributed by atoms with Gasteiger partial charge in [-0.2, -0.15) is 0 Å². The van der Waals surface area contributed by atoms with E-state index in [4.69, 9.17) is 19.9 Å². The SMILES string of the molecule is CC1(C)OC[C@H](COC(=O)[C@@H](N)Cc2ccc(O)c(O)c2)O1. The van der Waals surface area contributed by atoms with Gasteiger partial charge in [0.25, 0.3) is 0 Å². The maximum absolute atomic E-state index is 11.9. The Bertz CT molecular complexity index is 545. The summed E-state index contributed by atoms with van der Waals surface area (Å²) < 4.78 is 16.0. The molecule has 1 aromatic rings. The normalized spacial score (nSPS) is 21.5. The van der Waals surface area contributed by atoms with Crippen LogP contribution in [0.25, 0.3) is 0 Å². The Labute approximate surface area is 128 Å². The summed E-state index contributed by atoms with van der Waals surface area (Å²) in [5, 5.41) is 18.6. The molecule has 1 saturated heterocycles. The standard InChI is InChI=1S/C15H21NO6/c1-15(2)21-8-10(22-15)7-20-14(19)11(16)5-9-3-4-12(17)13(18)6-9/h3-4,6,10-11,17-18H,5,7-8,16H2,1-2H3/t10-,11-/m0/s1. The largest absolute Gasteiger partial charge is 0.504 e. The van der Waals surface area contributed by atoms with Crippen LogP contribution in [0.2, 0.25) is 0 Å². The topological polar surface area (TPSA) is 111 Å². The minimum Gasteiger partial charge on any atom is -0.504 e. The van der Waals surface area contributed by atoms with Crippen LogP contribution in [0.1, 0.15) is 19.4 Å². The number of benzene rings is 1. The average molecular weight is 311 g/mol. The van der Waals surface area contributed by atoms with Crippen LogP contribution in [-0.2, 0) is 25.4 Å². The molecule has 0 amide bonds. The number of phenols is 2. The van der Waals surface area contributed by atoms with Crippen molar-refractivity contribution in [3.8, 4) is 11.5 Å². The molecule has 0 radical (unpaired) electrons. The molecule has 0 aliphatic carbocycles. The first-order chi connectivity index (χ1) is 10.3. The molecule has 1 heterocycles. The van der Waals surface area contributed by atoms with Crippen LogP contribution in [-0.4, -0.2) is 47.3 Å². The molecule has 0 unspecified atom stereocenters. The van der Waals surface area contributed by atoms with Crippen molar-refractivity contribution >= 4 is 5.97 Å². The number of nitrogens with two attached hydrogens (primary N) is 1. The zero-order valence-electron chi connectivity index (χ0n) is 12.6. The predicted molar refractivity (Wildman–Crippen MR) is 77.3 cm³/mol. The van der Waals surface area contributed by atoms with Gasteiger partial charge in [0.1, 0.15) is 18.8 Å². The van der Waals surface area contributed by atoms with Crippen molar-refractivity contribution in [1.82, 2.24) is 0 Å². The van der Waals surface area contributed by atoms with Crippen LogP contribution < -0.4 is 5.73 Å². The Morgan fingerprint density at radius 2 is 2.18 bits per heavy atom. The van der Waals surface area contributed by atoms with E-state index in [9.17, 15) is 15.0 Å². The number of carbonyl (C=O) groups is 1. The summed E-state index contributed by atoms with van der Waals surface area (Å²) >= 11 is 0. The number of phenolic OH excluding ortho intramolecular Hbond substituents is 2. The Morgan fingerprint density at radius 3 is 2.77 bits per heavy atom. The number of hydrogen-bond acceptors (Lipinski definition) is 7. The summed E-state index contributed by atoms with van der Waals surface area (Å²) in [4.78, 5) is 11.9. The van der Waals surface area contributed by atoms with Gasteiger partial charge < -0.3 is 30.2 Å². The van der Waals surface area contributed by atoms with Gasteiger partial charge in [-0.05, 0) is 38.0 Å². The van der Waals surface area contributed by atoms with Crippen LogP contribution >= 0.6 is 0 Å². The van der Waals surface area contributed by atoms with E-state index in [0.29, 0.717) is 12.2 Å². The molecule has 22 heavy (non-hydrogen) atoms. The molecule has 122 valence electrons. The van der Waals surface area contributed by atoms with Crippen molar-refractivity contribution in [2.45, 2.75) is 38.2 Å². The molecule has 1 fully saturated rings. The second-order valence-corrected chi connectivity index (χ2v) is 5.71. The van der Waals surface area contributed by atoms with E-state index in [1.54, 1.807) is 19.9 Å². The third-order valence-corrected chi connectivity index (χ3v) is 3.28. The molecular formula is C15H21NO6. The summed E-state index contributed by atoms with van der Waals surface area (Å²) in [5.41, 5.74) is 6.41. The second kappa shape index (κ2) is 6.51. The van der Waals surface area contributed by atoms with E-state index in [1.807, 2.05) is 0 Å². The Hall–Kier alpha value is -1.83. The number of esters is 1. The van der Waals surface area contributed by atoms with Crippen molar-refractivity contribution in [2.24, 2.45) is 5.73 Å². The summed E-state index contributed by atoms with van der Waals surface area (Å²) in [5.74, 6) is -1.69. The highest BCUT2D eigenvalue weighted by molar-refractivity contribution is 5.76. The van der Waals surface area contributed by atoms with E-state index < -0.39 is 17.8 Å². The fourth-order valence-electron chi connectivity index (χ4n) is 2.16. The molecule has 4 N–H and O–H groups in total. The third-order valence-electron chi connectivity index (χ3n) is 3.28. The Balaban J connectivity index is 1.81. The molecule has 0 aromatic heterocycles. The first-order valence-corrected chi connectivity index (χ1v) is 7.02. The molecular weight excluding hydrogens is 290 g/mol. The quantitative estimate of drug-likeness (QED) is 0.541. The van der Waals surface area contributed by atoms with Crippen molar-refractivity contribution < 1.29 is 29.2 Å². The van der Waals surface area contributed by atoms with Gasteiger partial charge in [0, 0.05) is 0 Å². The predicted octanol–water partition coefficient (Wildman–Crippen LogP) is 0.662. The van der Waals surface area contributed by atoms with E-state index in [0.717, 1.165) is 0 Å². The molecule has 2 rings (SSSR count). The molecule has 1 aliphatic heterocycles. The molecule has 7 nitrogen and oxygen atoms in total. The van der Waals surface area contributed by atoms with E-state index >= 15 is 0 Å². The number of hydrogen-bond donors (Lipinski definition) is 3. The molecule has 0 saturated carbocycles.